The summed E-state index contributed by atoms with van der Waals surface area (Å²) in [6.45, 7) is 0. The minimum Gasteiger partial charge on any atom is -0.497 e. The first-order chi connectivity index (χ1) is 7.26. The molecule has 1 aromatic carbocycles. The molecule has 0 bridgehead atoms. The highest BCUT2D eigenvalue weighted by molar-refractivity contribution is 5.60. The lowest BCUT2D eigenvalue weighted by Crippen LogP contribution is -2.21. The zero-order chi connectivity index (χ0) is 10.8. The van der Waals surface area contributed by atoms with Crippen molar-refractivity contribution in [3.05, 3.63) is 35.4 Å². The molecule has 80 valence electrons. The Morgan fingerprint density at radius 2 is 2.07 bits per heavy atom. The molecule has 1 aromatic rings. The van der Waals surface area contributed by atoms with Crippen LogP contribution >= 0.6 is 0 Å². The average molecular weight is 206 g/mol. The van der Waals surface area contributed by atoms with Crippen LogP contribution in [0.4, 0.5) is 0 Å². The summed E-state index contributed by atoms with van der Waals surface area (Å²) in [4.78, 5) is 0. The van der Waals surface area contributed by atoms with Crippen LogP contribution in [0.25, 0.3) is 6.08 Å². The fourth-order valence-electron chi connectivity index (χ4n) is 1.78. The van der Waals surface area contributed by atoms with Crippen LogP contribution in [-0.2, 0) is 4.74 Å². The van der Waals surface area contributed by atoms with E-state index in [0.29, 0.717) is 0 Å². The monoisotopic (exact) mass is 206 g/mol. The second-order valence-electron chi connectivity index (χ2n) is 3.50. The van der Waals surface area contributed by atoms with Crippen LogP contribution in [0.1, 0.15) is 17.2 Å². The summed E-state index contributed by atoms with van der Waals surface area (Å²) < 4.78 is 10.3. The van der Waals surface area contributed by atoms with Gasteiger partial charge in [-0.3, -0.25) is 0 Å². The molecule has 0 aliphatic heterocycles. The fourth-order valence-corrected chi connectivity index (χ4v) is 1.78. The Labute approximate surface area is 88.9 Å². The van der Waals surface area contributed by atoms with Crippen molar-refractivity contribution in [3.63, 3.8) is 0 Å². The molecule has 0 saturated carbocycles. The van der Waals surface area contributed by atoms with Gasteiger partial charge in [-0.25, -0.2) is 0 Å². The van der Waals surface area contributed by atoms with E-state index in [9.17, 15) is 5.11 Å². The number of fused-ring (bicyclic) bond motifs is 1. The smallest absolute Gasteiger partial charge is 0.119 e. The summed E-state index contributed by atoms with van der Waals surface area (Å²) in [5.41, 5.74) is 1.86. The summed E-state index contributed by atoms with van der Waals surface area (Å²) in [6, 6.07) is 5.65. The Kier molecular flexibility index (Phi) is 2.75. The molecule has 0 saturated heterocycles. The SMILES string of the molecule is COc1ccc2c(c1)[C@H](O)[C@@H](OC)C=C2. The highest BCUT2D eigenvalue weighted by Gasteiger charge is 2.24. The van der Waals surface area contributed by atoms with E-state index in [4.69, 9.17) is 9.47 Å². The molecule has 0 amide bonds. The van der Waals surface area contributed by atoms with E-state index < -0.39 is 6.10 Å². The van der Waals surface area contributed by atoms with E-state index in [1.54, 1.807) is 14.2 Å². The van der Waals surface area contributed by atoms with Gasteiger partial charge in [0.25, 0.3) is 0 Å². The number of methoxy groups -OCH3 is 2. The standard InChI is InChI=1S/C12H14O3/c1-14-9-5-3-8-4-6-11(15-2)12(13)10(8)7-9/h3-7,11-13H,1-2H3/t11-,12-/m0/s1. The Hall–Kier alpha value is -1.32. The molecule has 0 spiro atoms. The molecule has 2 rings (SSSR count). The van der Waals surface area contributed by atoms with E-state index in [2.05, 4.69) is 0 Å². The third kappa shape index (κ3) is 1.76. The second kappa shape index (κ2) is 4.04. The van der Waals surface area contributed by atoms with E-state index in [1.165, 1.54) is 0 Å². The summed E-state index contributed by atoms with van der Waals surface area (Å²) in [5, 5.41) is 10.0. The minimum absolute atomic E-state index is 0.274. The lowest BCUT2D eigenvalue weighted by molar-refractivity contribution is 0.0149. The Balaban J connectivity index is 2.42. The van der Waals surface area contributed by atoms with Crippen molar-refractivity contribution in [3.8, 4) is 5.75 Å². The molecule has 3 nitrogen and oxygen atoms in total. The highest BCUT2D eigenvalue weighted by atomic mass is 16.5. The second-order valence-corrected chi connectivity index (χ2v) is 3.50. The molecular weight excluding hydrogens is 192 g/mol. The lowest BCUT2D eigenvalue weighted by atomic mass is 9.93. The number of rotatable bonds is 2. The topological polar surface area (TPSA) is 38.7 Å². The van der Waals surface area contributed by atoms with Crippen LogP contribution in [0.15, 0.2) is 24.3 Å². The quantitative estimate of drug-likeness (QED) is 0.801. The molecule has 0 fully saturated rings. The van der Waals surface area contributed by atoms with Gasteiger partial charge in [-0.15, -0.1) is 0 Å². The maximum absolute atomic E-state index is 10.0. The fraction of sp³-hybridized carbons (Fsp3) is 0.333. The van der Waals surface area contributed by atoms with Crippen LogP contribution in [0.3, 0.4) is 0 Å². The zero-order valence-electron chi connectivity index (χ0n) is 8.81. The van der Waals surface area contributed by atoms with Crippen molar-refractivity contribution >= 4 is 6.08 Å². The number of aliphatic hydroxyl groups is 1. The third-order valence-electron chi connectivity index (χ3n) is 2.66. The number of ether oxygens (including phenoxy) is 2. The molecule has 0 radical (unpaired) electrons. The van der Waals surface area contributed by atoms with Gasteiger partial charge in [0, 0.05) is 7.11 Å². The van der Waals surface area contributed by atoms with Crippen LogP contribution in [0.5, 0.6) is 5.75 Å². The Morgan fingerprint density at radius 3 is 2.73 bits per heavy atom. The van der Waals surface area contributed by atoms with Gasteiger partial charge in [-0.1, -0.05) is 18.2 Å². The molecule has 1 aliphatic rings. The molecule has 1 N–H and O–H groups in total. The lowest BCUT2D eigenvalue weighted by Gasteiger charge is -2.24. The van der Waals surface area contributed by atoms with E-state index in [0.717, 1.165) is 16.9 Å². The van der Waals surface area contributed by atoms with Gasteiger partial charge >= 0.3 is 0 Å². The van der Waals surface area contributed by atoms with Gasteiger partial charge in [0.05, 0.1) is 7.11 Å². The maximum atomic E-state index is 10.0. The first-order valence-corrected chi connectivity index (χ1v) is 4.83. The van der Waals surface area contributed by atoms with Crippen molar-refractivity contribution in [1.82, 2.24) is 0 Å². The summed E-state index contributed by atoms with van der Waals surface area (Å²) >= 11 is 0. The number of hydrogen-bond donors (Lipinski definition) is 1. The molecule has 15 heavy (non-hydrogen) atoms. The van der Waals surface area contributed by atoms with Gasteiger partial charge in [0.2, 0.25) is 0 Å². The van der Waals surface area contributed by atoms with Gasteiger partial charge in [-0.2, -0.15) is 0 Å². The molecule has 0 unspecified atom stereocenters. The van der Waals surface area contributed by atoms with Crippen molar-refractivity contribution in [2.24, 2.45) is 0 Å². The van der Waals surface area contributed by atoms with Gasteiger partial charge in [0.1, 0.15) is 18.0 Å². The van der Waals surface area contributed by atoms with Crippen molar-refractivity contribution in [2.45, 2.75) is 12.2 Å². The van der Waals surface area contributed by atoms with Gasteiger partial charge in [0.15, 0.2) is 0 Å². The van der Waals surface area contributed by atoms with Crippen LogP contribution in [-0.4, -0.2) is 25.4 Å². The highest BCUT2D eigenvalue weighted by Crippen LogP contribution is 2.31. The first kappa shape index (κ1) is 10.2. The van der Waals surface area contributed by atoms with E-state index >= 15 is 0 Å². The predicted octanol–water partition coefficient (Wildman–Crippen LogP) is 1.77. The van der Waals surface area contributed by atoms with Crippen LogP contribution < -0.4 is 4.74 Å². The third-order valence-corrected chi connectivity index (χ3v) is 2.66. The van der Waals surface area contributed by atoms with Gasteiger partial charge < -0.3 is 14.6 Å². The molecule has 3 heteroatoms. The summed E-state index contributed by atoms with van der Waals surface area (Å²) in [5.74, 6) is 0.748. The predicted molar refractivity (Wildman–Crippen MR) is 57.8 cm³/mol. The van der Waals surface area contributed by atoms with E-state index in [1.807, 2.05) is 30.4 Å². The largest absolute Gasteiger partial charge is 0.497 e. The average Bonchev–Trinajstić information content (AvgIpc) is 2.29. The van der Waals surface area contributed by atoms with Crippen molar-refractivity contribution in [2.75, 3.05) is 14.2 Å². The van der Waals surface area contributed by atoms with Crippen LogP contribution in [0.2, 0.25) is 0 Å². The number of aliphatic hydroxyl groups excluding tert-OH is 1. The molecular formula is C12H14O3. The summed E-state index contributed by atoms with van der Waals surface area (Å²) in [6.07, 6.45) is 2.92. The van der Waals surface area contributed by atoms with Crippen molar-refractivity contribution < 1.29 is 14.6 Å². The zero-order valence-corrected chi connectivity index (χ0v) is 8.81. The normalized spacial score (nSPS) is 23.7. The summed E-state index contributed by atoms with van der Waals surface area (Å²) in [7, 11) is 3.20. The molecule has 0 aromatic heterocycles. The van der Waals surface area contributed by atoms with Crippen molar-refractivity contribution in [1.29, 1.82) is 0 Å². The minimum atomic E-state index is -0.620. The molecule has 2 atom stereocenters. The Morgan fingerprint density at radius 1 is 1.27 bits per heavy atom. The molecule has 1 aliphatic carbocycles. The van der Waals surface area contributed by atoms with Crippen LogP contribution in [0, 0.1) is 0 Å². The maximum Gasteiger partial charge on any atom is 0.119 e. The van der Waals surface area contributed by atoms with Gasteiger partial charge in [-0.05, 0) is 23.3 Å². The van der Waals surface area contributed by atoms with E-state index in [-0.39, 0.29) is 6.10 Å². The number of hydrogen-bond acceptors (Lipinski definition) is 3. The molecule has 0 heterocycles. The Bertz CT molecular complexity index is 384. The number of benzene rings is 1. The first-order valence-electron chi connectivity index (χ1n) is 4.83.